The van der Waals surface area contributed by atoms with Gasteiger partial charge in [0.15, 0.2) is 17.4 Å². The summed E-state index contributed by atoms with van der Waals surface area (Å²) >= 11 is 0. The third-order valence-corrected chi connectivity index (χ3v) is 6.10. The Kier molecular flexibility index (Phi) is 4.88. The van der Waals surface area contributed by atoms with E-state index in [0.29, 0.717) is 5.92 Å². The number of halogens is 3. The molecule has 0 bridgehead atoms. The second-order valence-electron chi connectivity index (χ2n) is 7.56. The SMILES string of the molecule is CC1CCC(C2CCC(c3cc(F)c(F)c(F)c3O)CC2)CC1. The number of aromatic hydroxyl groups is 1. The highest BCUT2D eigenvalue weighted by atomic mass is 19.2. The maximum absolute atomic E-state index is 13.5. The van der Waals surface area contributed by atoms with Gasteiger partial charge in [-0.15, -0.1) is 0 Å². The maximum atomic E-state index is 13.5. The lowest BCUT2D eigenvalue weighted by atomic mass is 9.68. The first kappa shape index (κ1) is 16.7. The van der Waals surface area contributed by atoms with E-state index in [2.05, 4.69) is 6.92 Å². The first-order chi connectivity index (χ1) is 11.0. The predicted octanol–water partition coefficient (Wildman–Crippen LogP) is 5.91. The molecule has 0 amide bonds. The van der Waals surface area contributed by atoms with Gasteiger partial charge in [0.05, 0.1) is 0 Å². The van der Waals surface area contributed by atoms with Crippen molar-refractivity contribution in [2.45, 2.75) is 64.2 Å². The largest absolute Gasteiger partial charge is 0.505 e. The van der Waals surface area contributed by atoms with Gasteiger partial charge in [0.1, 0.15) is 0 Å². The summed E-state index contributed by atoms with van der Waals surface area (Å²) in [6, 6.07) is 0.973. The van der Waals surface area contributed by atoms with E-state index < -0.39 is 23.2 Å². The highest BCUT2D eigenvalue weighted by molar-refractivity contribution is 5.38. The minimum Gasteiger partial charge on any atom is -0.505 e. The molecule has 0 aromatic heterocycles. The van der Waals surface area contributed by atoms with Gasteiger partial charge >= 0.3 is 0 Å². The average molecular weight is 326 g/mol. The number of rotatable bonds is 2. The Bertz CT molecular complexity index is 556. The third-order valence-electron chi connectivity index (χ3n) is 6.10. The van der Waals surface area contributed by atoms with Crippen molar-refractivity contribution in [1.82, 2.24) is 0 Å². The summed E-state index contributed by atoms with van der Waals surface area (Å²) < 4.78 is 40.2. The number of hydrogen-bond donors (Lipinski definition) is 1. The Morgan fingerprint density at radius 1 is 0.826 bits per heavy atom. The Hall–Kier alpha value is -1.19. The Morgan fingerprint density at radius 2 is 1.35 bits per heavy atom. The standard InChI is InChI=1S/C19H25F3O/c1-11-2-4-12(5-3-11)13-6-8-14(9-7-13)15-10-16(20)17(21)18(22)19(15)23/h10-14,23H,2-9H2,1H3. The average Bonchev–Trinajstić information content (AvgIpc) is 2.57. The zero-order chi connectivity index (χ0) is 16.6. The first-order valence-corrected chi connectivity index (χ1v) is 8.83. The topological polar surface area (TPSA) is 20.2 Å². The minimum absolute atomic E-state index is 0.0710. The maximum Gasteiger partial charge on any atom is 0.203 e. The molecule has 1 aromatic rings. The van der Waals surface area contributed by atoms with E-state index in [1.807, 2.05) is 0 Å². The molecule has 0 heterocycles. The summed E-state index contributed by atoms with van der Waals surface area (Å²) in [5, 5.41) is 9.82. The zero-order valence-corrected chi connectivity index (χ0v) is 13.6. The summed E-state index contributed by atoms with van der Waals surface area (Å²) in [6.45, 7) is 2.31. The van der Waals surface area contributed by atoms with Gasteiger partial charge in [-0.2, -0.15) is 4.39 Å². The fourth-order valence-corrected chi connectivity index (χ4v) is 4.57. The molecule has 0 unspecified atom stereocenters. The van der Waals surface area contributed by atoms with Gasteiger partial charge in [0.25, 0.3) is 0 Å². The van der Waals surface area contributed by atoms with Crippen LogP contribution in [0.2, 0.25) is 0 Å². The van der Waals surface area contributed by atoms with E-state index in [0.717, 1.165) is 43.6 Å². The molecule has 2 fully saturated rings. The van der Waals surface area contributed by atoms with Crippen LogP contribution < -0.4 is 0 Å². The van der Waals surface area contributed by atoms with E-state index >= 15 is 0 Å². The van der Waals surface area contributed by atoms with Crippen molar-refractivity contribution >= 4 is 0 Å². The molecule has 0 atom stereocenters. The van der Waals surface area contributed by atoms with Crippen LogP contribution in [0.4, 0.5) is 13.2 Å². The van der Waals surface area contributed by atoms with Crippen LogP contribution in [0.15, 0.2) is 6.07 Å². The summed E-state index contributed by atoms with van der Waals surface area (Å²) in [5.41, 5.74) is 0.233. The van der Waals surface area contributed by atoms with Gasteiger partial charge in [0.2, 0.25) is 5.82 Å². The Balaban J connectivity index is 1.65. The number of benzene rings is 1. The second kappa shape index (κ2) is 6.74. The minimum atomic E-state index is -1.59. The molecule has 0 aliphatic heterocycles. The van der Waals surface area contributed by atoms with Crippen molar-refractivity contribution in [2.75, 3.05) is 0 Å². The van der Waals surface area contributed by atoms with Gasteiger partial charge < -0.3 is 5.11 Å². The van der Waals surface area contributed by atoms with Gasteiger partial charge in [-0.25, -0.2) is 8.78 Å². The monoisotopic (exact) mass is 326 g/mol. The number of hydrogen-bond acceptors (Lipinski definition) is 1. The van der Waals surface area contributed by atoms with Crippen LogP contribution in [0.3, 0.4) is 0 Å². The van der Waals surface area contributed by atoms with Crippen LogP contribution in [-0.2, 0) is 0 Å². The molecular formula is C19H25F3O. The molecule has 2 aliphatic carbocycles. The molecule has 3 rings (SSSR count). The van der Waals surface area contributed by atoms with E-state index in [-0.39, 0.29) is 11.5 Å². The predicted molar refractivity (Wildman–Crippen MR) is 83.8 cm³/mol. The smallest absolute Gasteiger partial charge is 0.203 e. The fraction of sp³-hybridized carbons (Fsp3) is 0.684. The second-order valence-corrected chi connectivity index (χ2v) is 7.56. The summed E-state index contributed by atoms with van der Waals surface area (Å²) in [5.74, 6) is -2.72. The van der Waals surface area contributed by atoms with E-state index in [4.69, 9.17) is 0 Å². The van der Waals surface area contributed by atoms with Gasteiger partial charge in [-0.05, 0) is 68.3 Å². The van der Waals surface area contributed by atoms with Gasteiger partial charge in [0, 0.05) is 5.56 Å². The lowest BCUT2D eigenvalue weighted by Gasteiger charge is -2.37. The summed E-state index contributed by atoms with van der Waals surface area (Å²) in [4.78, 5) is 0. The Labute approximate surface area is 135 Å². The van der Waals surface area contributed by atoms with E-state index in [1.54, 1.807) is 0 Å². The van der Waals surface area contributed by atoms with Crippen LogP contribution in [0.5, 0.6) is 5.75 Å². The van der Waals surface area contributed by atoms with Crippen LogP contribution in [-0.4, -0.2) is 5.11 Å². The van der Waals surface area contributed by atoms with Crippen LogP contribution >= 0.6 is 0 Å². The van der Waals surface area contributed by atoms with Crippen molar-refractivity contribution in [1.29, 1.82) is 0 Å². The molecular weight excluding hydrogens is 301 g/mol. The fourth-order valence-electron chi connectivity index (χ4n) is 4.57. The molecule has 0 spiro atoms. The third kappa shape index (κ3) is 3.36. The van der Waals surface area contributed by atoms with Crippen LogP contribution in [0.25, 0.3) is 0 Å². The molecule has 0 saturated heterocycles. The highest BCUT2D eigenvalue weighted by Crippen LogP contribution is 2.46. The molecule has 1 aromatic carbocycles. The van der Waals surface area contributed by atoms with E-state index in [1.165, 1.54) is 25.7 Å². The molecule has 2 saturated carbocycles. The van der Waals surface area contributed by atoms with Crippen molar-refractivity contribution in [3.63, 3.8) is 0 Å². The zero-order valence-electron chi connectivity index (χ0n) is 13.6. The van der Waals surface area contributed by atoms with Crippen molar-refractivity contribution in [3.8, 4) is 5.75 Å². The van der Waals surface area contributed by atoms with Gasteiger partial charge in [-0.1, -0.05) is 19.8 Å². The molecule has 4 heteroatoms. The summed E-state index contributed by atoms with van der Waals surface area (Å²) in [6.07, 6.45) is 8.89. The molecule has 23 heavy (non-hydrogen) atoms. The lowest BCUT2D eigenvalue weighted by molar-refractivity contribution is 0.164. The number of phenolic OH excluding ortho intramolecular Hbond substituents is 1. The molecule has 2 aliphatic rings. The first-order valence-electron chi connectivity index (χ1n) is 8.83. The van der Waals surface area contributed by atoms with Crippen molar-refractivity contribution in [2.24, 2.45) is 17.8 Å². The molecule has 1 N–H and O–H groups in total. The van der Waals surface area contributed by atoms with Crippen molar-refractivity contribution in [3.05, 3.63) is 29.1 Å². The van der Waals surface area contributed by atoms with E-state index in [9.17, 15) is 18.3 Å². The van der Waals surface area contributed by atoms with Crippen LogP contribution in [0, 0.1) is 35.2 Å². The Morgan fingerprint density at radius 3 is 1.91 bits per heavy atom. The summed E-state index contributed by atoms with van der Waals surface area (Å²) in [7, 11) is 0. The van der Waals surface area contributed by atoms with Gasteiger partial charge in [-0.3, -0.25) is 0 Å². The normalized spacial score (nSPS) is 32.0. The molecule has 0 radical (unpaired) electrons. The quantitative estimate of drug-likeness (QED) is 0.670. The number of phenols is 1. The molecule has 1 nitrogen and oxygen atoms in total. The van der Waals surface area contributed by atoms with Crippen LogP contribution in [0.1, 0.15) is 69.8 Å². The highest BCUT2D eigenvalue weighted by Gasteiger charge is 2.32. The lowest BCUT2D eigenvalue weighted by Crippen LogP contribution is -2.25. The van der Waals surface area contributed by atoms with Crippen molar-refractivity contribution < 1.29 is 18.3 Å². The molecule has 128 valence electrons.